The number of halogens is 2. The van der Waals surface area contributed by atoms with Crippen LogP contribution >= 0.6 is 11.6 Å². The minimum atomic E-state index is -0.556. The average Bonchev–Trinajstić information content (AvgIpc) is 3.07. The molecule has 3 aliphatic carbocycles. The number of amides is 1. The first kappa shape index (κ1) is 18.6. The van der Waals surface area contributed by atoms with Crippen LogP contribution < -0.4 is 26.1 Å². The lowest BCUT2D eigenvalue weighted by Crippen LogP contribution is -2.85. The Morgan fingerprint density at radius 1 is 1.32 bits per heavy atom. The van der Waals surface area contributed by atoms with E-state index in [1.54, 1.807) is 6.07 Å². The normalized spacial score (nSPS) is 36.2. The number of fused-ring (bicyclic) bond motifs is 1. The molecule has 4 N–H and O–H groups in total. The van der Waals surface area contributed by atoms with E-state index in [0.29, 0.717) is 18.1 Å². The van der Waals surface area contributed by atoms with E-state index in [0.717, 1.165) is 45.2 Å². The number of hydrazine groups is 1. The fraction of sp³-hybridized carbons (Fsp3) is 0.632. The quantitative estimate of drug-likeness (QED) is 0.563. The van der Waals surface area contributed by atoms with Crippen LogP contribution in [-0.2, 0) is 4.79 Å². The zero-order valence-corrected chi connectivity index (χ0v) is 16.3. The Hall–Kier alpha value is -1.45. The van der Waals surface area contributed by atoms with Gasteiger partial charge in [0.05, 0.1) is 17.4 Å². The van der Waals surface area contributed by atoms with Gasteiger partial charge in [0.2, 0.25) is 0 Å². The Morgan fingerprint density at radius 3 is 2.93 bits per heavy atom. The second kappa shape index (κ2) is 6.81. The van der Waals surface area contributed by atoms with Crippen molar-refractivity contribution in [3.8, 4) is 5.75 Å². The molecule has 0 spiro atoms. The summed E-state index contributed by atoms with van der Waals surface area (Å²) in [5.41, 5.74) is 3.44. The highest BCUT2D eigenvalue weighted by Crippen LogP contribution is 2.60. The Balaban J connectivity index is 1.06. The monoisotopic (exact) mass is 409 g/mol. The third-order valence-electron chi connectivity index (χ3n) is 6.34. The summed E-state index contributed by atoms with van der Waals surface area (Å²) in [6.07, 6.45) is 5.80. The minimum absolute atomic E-state index is 0.0350. The van der Waals surface area contributed by atoms with Crippen molar-refractivity contribution < 1.29 is 13.9 Å². The van der Waals surface area contributed by atoms with Crippen molar-refractivity contribution in [2.24, 2.45) is 0 Å². The lowest BCUT2D eigenvalue weighted by atomic mass is 9.44. The molecule has 1 amide bonds. The van der Waals surface area contributed by atoms with Crippen molar-refractivity contribution in [3.05, 3.63) is 29.0 Å². The molecule has 5 aliphatic rings. The Labute approximate surface area is 168 Å². The smallest absolute Gasteiger partial charge is 0.258 e. The molecule has 0 radical (unpaired) electrons. The van der Waals surface area contributed by atoms with Crippen LogP contribution in [0, 0.1) is 5.82 Å². The van der Waals surface area contributed by atoms with E-state index in [2.05, 4.69) is 26.4 Å². The number of hydrogen-bond acceptors (Lipinski definition) is 6. The van der Waals surface area contributed by atoms with E-state index in [9.17, 15) is 9.18 Å². The summed E-state index contributed by atoms with van der Waals surface area (Å²) in [6.45, 7) is 1.96. The van der Waals surface area contributed by atoms with Crippen LogP contribution in [0.5, 0.6) is 5.75 Å². The van der Waals surface area contributed by atoms with Gasteiger partial charge in [-0.2, -0.15) is 0 Å². The third-order valence-corrected chi connectivity index (χ3v) is 6.64. The van der Waals surface area contributed by atoms with Crippen LogP contribution in [0.15, 0.2) is 18.2 Å². The summed E-state index contributed by atoms with van der Waals surface area (Å²) >= 11 is 5.65. The Bertz CT molecular complexity index is 774. The number of ether oxygens (including phenoxy) is 1. The topological polar surface area (TPSA) is 77.7 Å². The molecule has 28 heavy (non-hydrogen) atoms. The second-order valence-electron chi connectivity index (χ2n) is 8.56. The summed E-state index contributed by atoms with van der Waals surface area (Å²) in [7, 11) is 0. The minimum Gasteiger partial charge on any atom is -0.484 e. The molecule has 2 heterocycles. The number of nitrogens with one attached hydrogen (secondary N) is 4. The van der Waals surface area contributed by atoms with Crippen molar-refractivity contribution in [2.75, 3.05) is 19.7 Å². The van der Waals surface area contributed by atoms with E-state index < -0.39 is 5.82 Å². The molecule has 9 heteroatoms. The standard InChI is InChI=1S/C19H25ClFN5O2/c20-13-2-1-12(7-14(13)21)28-8-17(27)25-19-9-18(10-19,11-19)24-15-4-6-26-16(23-15)3-5-22-26/h1-2,7,15-16,22-24H,3-6,8-11H2,(H,25,27). The number of carbonyl (C=O) groups is 1. The zero-order chi connectivity index (χ0) is 19.4. The molecule has 1 aromatic carbocycles. The van der Waals surface area contributed by atoms with Crippen molar-refractivity contribution in [1.82, 2.24) is 26.4 Å². The van der Waals surface area contributed by atoms with E-state index in [-0.39, 0.29) is 28.6 Å². The lowest BCUT2D eigenvalue weighted by molar-refractivity contribution is -0.146. The number of hydrogen-bond donors (Lipinski definition) is 4. The summed E-state index contributed by atoms with van der Waals surface area (Å²) < 4.78 is 18.8. The zero-order valence-electron chi connectivity index (χ0n) is 15.6. The second-order valence-corrected chi connectivity index (χ2v) is 8.97. The van der Waals surface area contributed by atoms with Gasteiger partial charge in [0.25, 0.3) is 5.91 Å². The van der Waals surface area contributed by atoms with Gasteiger partial charge in [-0.05, 0) is 44.2 Å². The maximum atomic E-state index is 13.4. The molecule has 152 valence electrons. The van der Waals surface area contributed by atoms with E-state index >= 15 is 0 Å². The molecular weight excluding hydrogens is 385 g/mol. The van der Waals surface area contributed by atoms with E-state index in [1.165, 1.54) is 12.1 Å². The van der Waals surface area contributed by atoms with Crippen molar-refractivity contribution in [1.29, 1.82) is 0 Å². The molecule has 0 aromatic heterocycles. The van der Waals surface area contributed by atoms with Gasteiger partial charge in [-0.25, -0.2) is 9.40 Å². The van der Waals surface area contributed by atoms with Crippen LogP contribution in [-0.4, -0.2) is 54.0 Å². The molecule has 2 aliphatic heterocycles. The largest absolute Gasteiger partial charge is 0.484 e. The molecule has 2 bridgehead atoms. The Morgan fingerprint density at radius 2 is 2.14 bits per heavy atom. The van der Waals surface area contributed by atoms with Crippen LogP contribution in [0.4, 0.5) is 4.39 Å². The van der Waals surface area contributed by atoms with Crippen molar-refractivity contribution in [2.45, 2.75) is 55.5 Å². The van der Waals surface area contributed by atoms with Crippen molar-refractivity contribution in [3.63, 3.8) is 0 Å². The van der Waals surface area contributed by atoms with E-state index in [4.69, 9.17) is 16.3 Å². The van der Waals surface area contributed by atoms with Crippen LogP contribution in [0.25, 0.3) is 0 Å². The SMILES string of the molecule is O=C(COc1ccc(Cl)c(F)c1)NC12CC(NC3CCN4NCCC4N3)(C1)C2. The Kier molecular flexibility index (Phi) is 4.52. The molecule has 6 rings (SSSR count). The highest BCUT2D eigenvalue weighted by Gasteiger charge is 2.68. The number of nitrogens with zero attached hydrogens (tertiary/aromatic N) is 1. The van der Waals surface area contributed by atoms with Gasteiger partial charge < -0.3 is 10.1 Å². The molecular formula is C19H25ClFN5O2. The van der Waals surface area contributed by atoms with Gasteiger partial charge in [0.15, 0.2) is 6.61 Å². The van der Waals surface area contributed by atoms with Gasteiger partial charge in [-0.3, -0.25) is 20.9 Å². The number of benzene rings is 1. The maximum absolute atomic E-state index is 13.4. The average molecular weight is 410 g/mol. The summed E-state index contributed by atoms with van der Waals surface area (Å²) in [6, 6.07) is 4.16. The molecule has 2 saturated heterocycles. The first-order chi connectivity index (χ1) is 13.4. The summed E-state index contributed by atoms with van der Waals surface area (Å²) in [4.78, 5) is 12.2. The fourth-order valence-electron chi connectivity index (χ4n) is 5.21. The van der Waals surface area contributed by atoms with Gasteiger partial charge >= 0.3 is 0 Å². The molecule has 5 fully saturated rings. The predicted molar refractivity (Wildman–Crippen MR) is 102 cm³/mol. The van der Waals surface area contributed by atoms with Crippen LogP contribution in [0.3, 0.4) is 0 Å². The maximum Gasteiger partial charge on any atom is 0.258 e. The van der Waals surface area contributed by atoms with Gasteiger partial charge in [-0.1, -0.05) is 11.6 Å². The molecule has 2 atom stereocenters. The highest BCUT2D eigenvalue weighted by atomic mass is 35.5. The first-order valence-electron chi connectivity index (χ1n) is 9.87. The predicted octanol–water partition coefficient (Wildman–Crippen LogP) is 1.09. The molecule has 3 saturated carbocycles. The first-order valence-corrected chi connectivity index (χ1v) is 10.2. The van der Waals surface area contributed by atoms with Crippen LogP contribution in [0.2, 0.25) is 5.02 Å². The summed E-state index contributed by atoms with van der Waals surface area (Å²) in [5.74, 6) is -0.432. The summed E-state index contributed by atoms with van der Waals surface area (Å²) in [5, 5.41) is 12.9. The highest BCUT2D eigenvalue weighted by molar-refractivity contribution is 6.30. The van der Waals surface area contributed by atoms with Gasteiger partial charge in [0.1, 0.15) is 11.6 Å². The van der Waals surface area contributed by atoms with Crippen LogP contribution in [0.1, 0.15) is 32.1 Å². The van der Waals surface area contributed by atoms with Gasteiger partial charge in [-0.15, -0.1) is 0 Å². The number of carbonyl (C=O) groups excluding carboxylic acids is 1. The lowest BCUT2D eigenvalue weighted by Gasteiger charge is -2.71. The fourth-order valence-corrected chi connectivity index (χ4v) is 5.32. The molecule has 2 unspecified atom stereocenters. The number of rotatable bonds is 6. The van der Waals surface area contributed by atoms with E-state index in [1.807, 2.05) is 0 Å². The molecule has 1 aromatic rings. The third kappa shape index (κ3) is 3.37. The van der Waals surface area contributed by atoms with Crippen molar-refractivity contribution >= 4 is 17.5 Å². The molecule has 7 nitrogen and oxygen atoms in total. The van der Waals surface area contributed by atoms with Gasteiger partial charge in [0, 0.05) is 30.2 Å².